The standard InChI is InChI=1S/C16H18N2O3/c1-10-7-13(19)5-6-14(10)16(20)21-9-12-4-2-3-11-8-17-18-15(11)12/h2-4,8,10,14H,5-7,9H2,1H3,(H,17,18). The van der Waals surface area contributed by atoms with Gasteiger partial charge >= 0.3 is 5.97 Å². The van der Waals surface area contributed by atoms with Gasteiger partial charge in [-0.15, -0.1) is 0 Å². The maximum atomic E-state index is 12.2. The van der Waals surface area contributed by atoms with Crippen LogP contribution in [0.4, 0.5) is 0 Å². The molecule has 0 spiro atoms. The number of hydrogen-bond donors (Lipinski definition) is 1. The summed E-state index contributed by atoms with van der Waals surface area (Å²) in [6.07, 6.45) is 3.32. The Bertz CT molecular complexity index is 677. The van der Waals surface area contributed by atoms with E-state index in [1.807, 2.05) is 25.1 Å². The number of ether oxygens (including phenoxy) is 1. The number of aromatic nitrogens is 2. The summed E-state index contributed by atoms with van der Waals surface area (Å²) in [5.41, 5.74) is 1.81. The van der Waals surface area contributed by atoms with E-state index in [0.29, 0.717) is 19.3 Å². The van der Waals surface area contributed by atoms with Crippen molar-refractivity contribution in [3.8, 4) is 0 Å². The number of rotatable bonds is 3. The summed E-state index contributed by atoms with van der Waals surface area (Å²) in [7, 11) is 0. The Balaban J connectivity index is 1.66. The third-order valence-corrected chi connectivity index (χ3v) is 4.21. The molecule has 3 rings (SSSR count). The highest BCUT2D eigenvalue weighted by Gasteiger charge is 2.32. The van der Waals surface area contributed by atoms with Crippen molar-refractivity contribution in [3.63, 3.8) is 0 Å². The number of carbonyl (C=O) groups excluding carboxylic acids is 2. The molecule has 5 nitrogen and oxygen atoms in total. The van der Waals surface area contributed by atoms with Crippen LogP contribution in [0.15, 0.2) is 24.4 Å². The minimum Gasteiger partial charge on any atom is -0.461 e. The molecular weight excluding hydrogens is 268 g/mol. The maximum absolute atomic E-state index is 12.2. The molecule has 1 aliphatic carbocycles. The Morgan fingerprint density at radius 2 is 2.33 bits per heavy atom. The van der Waals surface area contributed by atoms with Crippen molar-refractivity contribution in [1.29, 1.82) is 0 Å². The number of ketones is 1. The molecule has 0 bridgehead atoms. The van der Waals surface area contributed by atoms with E-state index in [1.54, 1.807) is 6.20 Å². The molecule has 1 aliphatic rings. The number of H-pyrrole nitrogens is 1. The molecule has 0 amide bonds. The van der Waals surface area contributed by atoms with Gasteiger partial charge in [-0.3, -0.25) is 14.7 Å². The molecule has 0 saturated heterocycles. The van der Waals surface area contributed by atoms with Gasteiger partial charge in [0, 0.05) is 23.8 Å². The van der Waals surface area contributed by atoms with Gasteiger partial charge in [-0.05, 0) is 12.3 Å². The molecular formula is C16H18N2O3. The first kappa shape index (κ1) is 13.8. The van der Waals surface area contributed by atoms with E-state index in [0.717, 1.165) is 16.5 Å². The fourth-order valence-electron chi connectivity index (χ4n) is 2.96. The van der Waals surface area contributed by atoms with Crippen LogP contribution in [0.1, 0.15) is 31.7 Å². The smallest absolute Gasteiger partial charge is 0.309 e. The van der Waals surface area contributed by atoms with Crippen molar-refractivity contribution >= 4 is 22.7 Å². The molecule has 1 N–H and O–H groups in total. The normalized spacial score (nSPS) is 22.4. The van der Waals surface area contributed by atoms with Gasteiger partial charge in [0.05, 0.1) is 17.6 Å². The molecule has 1 aromatic carbocycles. The van der Waals surface area contributed by atoms with E-state index in [-0.39, 0.29) is 30.2 Å². The van der Waals surface area contributed by atoms with Gasteiger partial charge in [-0.2, -0.15) is 5.10 Å². The second-order valence-electron chi connectivity index (χ2n) is 5.72. The minimum absolute atomic E-state index is 0.0710. The highest BCUT2D eigenvalue weighted by atomic mass is 16.5. The molecule has 2 atom stereocenters. The second kappa shape index (κ2) is 5.68. The molecule has 0 radical (unpaired) electrons. The number of hydrogen-bond acceptors (Lipinski definition) is 4. The lowest BCUT2D eigenvalue weighted by molar-refractivity contribution is -0.153. The molecule has 1 aromatic heterocycles. The first-order valence-electron chi connectivity index (χ1n) is 7.24. The number of nitrogens with one attached hydrogen (secondary N) is 1. The van der Waals surface area contributed by atoms with Crippen molar-refractivity contribution in [2.75, 3.05) is 0 Å². The van der Waals surface area contributed by atoms with E-state index in [4.69, 9.17) is 4.74 Å². The minimum atomic E-state index is -0.202. The monoisotopic (exact) mass is 286 g/mol. The van der Waals surface area contributed by atoms with E-state index in [1.165, 1.54) is 0 Å². The van der Waals surface area contributed by atoms with Crippen LogP contribution in [-0.2, 0) is 20.9 Å². The van der Waals surface area contributed by atoms with Gasteiger partial charge < -0.3 is 4.74 Å². The molecule has 21 heavy (non-hydrogen) atoms. The Kier molecular flexibility index (Phi) is 3.73. The van der Waals surface area contributed by atoms with Crippen molar-refractivity contribution in [3.05, 3.63) is 30.0 Å². The van der Waals surface area contributed by atoms with Crippen LogP contribution in [-0.4, -0.2) is 21.9 Å². The van der Waals surface area contributed by atoms with Crippen LogP contribution in [0.2, 0.25) is 0 Å². The average Bonchev–Trinajstić information content (AvgIpc) is 2.93. The predicted octanol–water partition coefficient (Wildman–Crippen LogP) is 2.61. The van der Waals surface area contributed by atoms with Gasteiger partial charge in [-0.25, -0.2) is 0 Å². The topological polar surface area (TPSA) is 72.1 Å². The molecule has 1 saturated carbocycles. The molecule has 2 unspecified atom stereocenters. The molecule has 1 heterocycles. The third kappa shape index (κ3) is 2.82. The number of esters is 1. The van der Waals surface area contributed by atoms with Crippen molar-refractivity contribution in [2.24, 2.45) is 11.8 Å². The highest BCUT2D eigenvalue weighted by molar-refractivity contribution is 5.83. The zero-order chi connectivity index (χ0) is 14.8. The lowest BCUT2D eigenvalue weighted by Crippen LogP contribution is -2.30. The number of Topliss-reactive ketones (excluding diaryl/α,β-unsaturated/α-hetero) is 1. The molecule has 0 aliphatic heterocycles. The van der Waals surface area contributed by atoms with E-state index in [9.17, 15) is 9.59 Å². The summed E-state index contributed by atoms with van der Waals surface area (Å²) < 4.78 is 5.45. The summed E-state index contributed by atoms with van der Waals surface area (Å²) in [6, 6.07) is 5.80. The van der Waals surface area contributed by atoms with Crippen LogP contribution >= 0.6 is 0 Å². The summed E-state index contributed by atoms with van der Waals surface area (Å²) in [6.45, 7) is 2.17. The number of fused-ring (bicyclic) bond motifs is 1. The fraction of sp³-hybridized carbons (Fsp3) is 0.438. The number of nitrogens with zero attached hydrogens (tertiary/aromatic N) is 1. The SMILES string of the molecule is CC1CC(=O)CCC1C(=O)OCc1cccc2cn[nH]c12. The molecule has 1 fully saturated rings. The lowest BCUT2D eigenvalue weighted by atomic mass is 9.80. The molecule has 2 aromatic rings. The average molecular weight is 286 g/mol. The third-order valence-electron chi connectivity index (χ3n) is 4.21. The first-order chi connectivity index (χ1) is 10.1. The van der Waals surface area contributed by atoms with Crippen LogP contribution in [0.3, 0.4) is 0 Å². The van der Waals surface area contributed by atoms with E-state index < -0.39 is 0 Å². The number of para-hydroxylation sites is 1. The van der Waals surface area contributed by atoms with Crippen molar-refractivity contribution in [1.82, 2.24) is 10.2 Å². The van der Waals surface area contributed by atoms with Gasteiger partial charge in [-0.1, -0.05) is 25.1 Å². The zero-order valence-electron chi connectivity index (χ0n) is 12.0. The van der Waals surface area contributed by atoms with E-state index >= 15 is 0 Å². The second-order valence-corrected chi connectivity index (χ2v) is 5.72. The van der Waals surface area contributed by atoms with Crippen molar-refractivity contribution < 1.29 is 14.3 Å². The number of benzene rings is 1. The Morgan fingerprint density at radius 3 is 3.14 bits per heavy atom. The Morgan fingerprint density at radius 1 is 1.48 bits per heavy atom. The highest BCUT2D eigenvalue weighted by Crippen LogP contribution is 2.29. The van der Waals surface area contributed by atoms with Crippen LogP contribution < -0.4 is 0 Å². The predicted molar refractivity (Wildman–Crippen MR) is 77.4 cm³/mol. The number of carbonyl (C=O) groups is 2. The van der Waals surface area contributed by atoms with Crippen LogP contribution in [0, 0.1) is 11.8 Å². The molecule has 110 valence electrons. The summed E-state index contributed by atoms with van der Waals surface area (Å²) >= 11 is 0. The lowest BCUT2D eigenvalue weighted by Gasteiger charge is -2.26. The molecule has 5 heteroatoms. The van der Waals surface area contributed by atoms with E-state index in [2.05, 4.69) is 10.2 Å². The Hall–Kier alpha value is -2.17. The van der Waals surface area contributed by atoms with Gasteiger partial charge in [0.1, 0.15) is 12.4 Å². The van der Waals surface area contributed by atoms with Crippen LogP contribution in [0.5, 0.6) is 0 Å². The first-order valence-corrected chi connectivity index (χ1v) is 7.24. The quantitative estimate of drug-likeness (QED) is 0.880. The van der Waals surface area contributed by atoms with Gasteiger partial charge in [0.2, 0.25) is 0 Å². The summed E-state index contributed by atoms with van der Waals surface area (Å²) in [5, 5.41) is 7.92. The van der Waals surface area contributed by atoms with Crippen molar-refractivity contribution in [2.45, 2.75) is 32.8 Å². The van der Waals surface area contributed by atoms with Gasteiger partial charge in [0.15, 0.2) is 0 Å². The zero-order valence-corrected chi connectivity index (χ0v) is 12.0. The number of aromatic amines is 1. The largest absolute Gasteiger partial charge is 0.461 e. The fourth-order valence-corrected chi connectivity index (χ4v) is 2.96. The summed E-state index contributed by atoms with van der Waals surface area (Å²) in [5.74, 6) is -0.0503. The summed E-state index contributed by atoms with van der Waals surface area (Å²) in [4.78, 5) is 23.6. The maximum Gasteiger partial charge on any atom is 0.309 e. The Labute approximate surface area is 122 Å². The van der Waals surface area contributed by atoms with Crippen LogP contribution in [0.25, 0.3) is 10.9 Å². The van der Waals surface area contributed by atoms with Gasteiger partial charge in [0.25, 0.3) is 0 Å².